The molecule has 5 heteroatoms. The summed E-state index contributed by atoms with van der Waals surface area (Å²) in [5.41, 5.74) is 1.29. The Morgan fingerprint density at radius 3 is 2.89 bits per heavy atom. The fraction of sp³-hybridized carbons (Fsp3) is 0.615. The third-order valence-corrected chi connectivity index (χ3v) is 3.78. The van der Waals surface area contributed by atoms with Crippen molar-refractivity contribution in [2.75, 3.05) is 6.61 Å². The van der Waals surface area contributed by atoms with E-state index in [1.807, 2.05) is 0 Å². The second-order valence-electron chi connectivity index (χ2n) is 4.99. The van der Waals surface area contributed by atoms with E-state index in [0.717, 1.165) is 12.3 Å². The molecule has 1 fully saturated rings. The summed E-state index contributed by atoms with van der Waals surface area (Å²) >= 11 is 2.33. The summed E-state index contributed by atoms with van der Waals surface area (Å²) in [7, 11) is 0. The van der Waals surface area contributed by atoms with Crippen LogP contribution in [0.3, 0.4) is 0 Å². The number of rotatable bonds is 4. The number of allylic oxidation sites excluding steroid dienone is 2. The van der Waals surface area contributed by atoms with Crippen LogP contribution in [0.5, 0.6) is 0 Å². The highest BCUT2D eigenvalue weighted by Gasteiger charge is 2.22. The molecule has 4 nitrogen and oxygen atoms in total. The number of hydrogen-bond acceptors (Lipinski definition) is 3. The van der Waals surface area contributed by atoms with E-state index in [2.05, 4.69) is 59.2 Å². The Morgan fingerprint density at radius 1 is 1.50 bits per heavy atom. The molecular formula is C13H19IN2O2. The second kappa shape index (κ2) is 5.95. The van der Waals surface area contributed by atoms with Gasteiger partial charge in [0.15, 0.2) is 5.88 Å². The number of dihydropyridines is 1. The van der Waals surface area contributed by atoms with Crippen molar-refractivity contribution in [3.8, 4) is 0 Å². The fourth-order valence-electron chi connectivity index (χ4n) is 2.02. The summed E-state index contributed by atoms with van der Waals surface area (Å²) in [4.78, 5) is 11.1. The summed E-state index contributed by atoms with van der Waals surface area (Å²) in [6.07, 6.45) is 5.74. The molecule has 0 aliphatic carbocycles. The van der Waals surface area contributed by atoms with Gasteiger partial charge in [0.1, 0.15) is 6.61 Å². The number of hydrogen-bond donors (Lipinski definition) is 2. The Morgan fingerprint density at radius 2 is 2.28 bits per heavy atom. The van der Waals surface area contributed by atoms with Gasteiger partial charge in [-0.05, 0) is 24.0 Å². The molecule has 2 aliphatic rings. The van der Waals surface area contributed by atoms with Crippen molar-refractivity contribution < 1.29 is 9.53 Å². The molecule has 0 bridgehead atoms. The van der Waals surface area contributed by atoms with E-state index >= 15 is 0 Å². The first-order valence-electron chi connectivity index (χ1n) is 6.31. The van der Waals surface area contributed by atoms with Gasteiger partial charge in [-0.25, -0.2) is 0 Å². The molecule has 0 radical (unpaired) electrons. The first-order valence-corrected chi connectivity index (χ1v) is 7.55. The van der Waals surface area contributed by atoms with Gasteiger partial charge in [0, 0.05) is 12.5 Å². The van der Waals surface area contributed by atoms with Gasteiger partial charge < -0.3 is 15.4 Å². The van der Waals surface area contributed by atoms with Gasteiger partial charge >= 0.3 is 0 Å². The molecule has 2 atom stereocenters. The van der Waals surface area contributed by atoms with Crippen molar-refractivity contribution in [1.29, 1.82) is 0 Å². The molecule has 1 unspecified atom stereocenters. The molecular weight excluding hydrogens is 343 g/mol. The molecule has 0 saturated carbocycles. The molecule has 0 spiro atoms. The summed E-state index contributed by atoms with van der Waals surface area (Å²) < 4.78 is 6.02. The van der Waals surface area contributed by atoms with E-state index in [0.29, 0.717) is 18.9 Å². The lowest BCUT2D eigenvalue weighted by Gasteiger charge is -2.23. The number of ether oxygens (including phenoxy) is 1. The summed E-state index contributed by atoms with van der Waals surface area (Å²) in [5.74, 6) is 1.43. The third-order valence-electron chi connectivity index (χ3n) is 3.11. The van der Waals surface area contributed by atoms with Gasteiger partial charge in [-0.15, -0.1) is 0 Å². The van der Waals surface area contributed by atoms with Gasteiger partial charge in [-0.1, -0.05) is 36.4 Å². The van der Waals surface area contributed by atoms with Crippen LogP contribution in [-0.4, -0.2) is 22.6 Å². The molecule has 0 aromatic rings. The molecule has 100 valence electrons. The lowest BCUT2D eigenvalue weighted by Crippen LogP contribution is -2.33. The van der Waals surface area contributed by atoms with Crippen molar-refractivity contribution >= 4 is 28.5 Å². The van der Waals surface area contributed by atoms with Crippen molar-refractivity contribution in [3.05, 3.63) is 23.6 Å². The number of halogens is 1. The van der Waals surface area contributed by atoms with Gasteiger partial charge in [0.2, 0.25) is 5.91 Å². The highest BCUT2D eigenvalue weighted by Crippen LogP contribution is 2.21. The highest BCUT2D eigenvalue weighted by molar-refractivity contribution is 14.1. The standard InChI is InChI=1S/C13H19IN2O2/c1-8(2)9-5-11(14)16-13(6-9)18-7-10-3-4-12(17)15-10/h5-6,8,10-11,16H,3-4,7H2,1-2H3,(H,15,17)/t10-,11?/m0/s1. The van der Waals surface area contributed by atoms with Crippen molar-refractivity contribution in [2.24, 2.45) is 5.92 Å². The third kappa shape index (κ3) is 3.63. The van der Waals surface area contributed by atoms with Gasteiger partial charge in [-0.2, -0.15) is 0 Å². The zero-order chi connectivity index (χ0) is 13.1. The minimum Gasteiger partial charge on any atom is -0.477 e. The first kappa shape index (κ1) is 13.7. The van der Waals surface area contributed by atoms with Crippen LogP contribution in [0, 0.1) is 5.92 Å². The van der Waals surface area contributed by atoms with Crippen LogP contribution in [-0.2, 0) is 9.53 Å². The van der Waals surface area contributed by atoms with Gasteiger partial charge in [-0.3, -0.25) is 4.79 Å². The van der Waals surface area contributed by atoms with Crippen molar-refractivity contribution in [2.45, 2.75) is 36.8 Å². The Balaban J connectivity index is 1.89. The lowest BCUT2D eigenvalue weighted by atomic mass is 10.0. The number of carbonyl (C=O) groups is 1. The van der Waals surface area contributed by atoms with Crippen molar-refractivity contribution in [1.82, 2.24) is 10.6 Å². The molecule has 2 rings (SSSR count). The second-order valence-corrected chi connectivity index (χ2v) is 6.33. The van der Waals surface area contributed by atoms with E-state index in [-0.39, 0.29) is 16.0 Å². The van der Waals surface area contributed by atoms with Crippen LogP contribution >= 0.6 is 22.6 Å². The molecule has 2 aliphatic heterocycles. The molecule has 1 saturated heterocycles. The maximum Gasteiger partial charge on any atom is 0.220 e. The van der Waals surface area contributed by atoms with E-state index in [1.54, 1.807) is 0 Å². The summed E-state index contributed by atoms with van der Waals surface area (Å²) in [6, 6.07) is 0.154. The minimum atomic E-state index is 0.128. The Hall–Kier alpha value is -0.720. The average Bonchev–Trinajstić information content (AvgIpc) is 2.72. The minimum absolute atomic E-state index is 0.128. The zero-order valence-corrected chi connectivity index (χ0v) is 12.9. The molecule has 18 heavy (non-hydrogen) atoms. The van der Waals surface area contributed by atoms with Crippen LogP contribution in [0.2, 0.25) is 0 Å². The molecule has 2 N–H and O–H groups in total. The SMILES string of the molecule is CC(C)C1=CC(I)NC(OC[C@@H]2CCC(=O)N2)=C1. The van der Waals surface area contributed by atoms with E-state index in [9.17, 15) is 4.79 Å². The van der Waals surface area contributed by atoms with Crippen LogP contribution in [0.1, 0.15) is 26.7 Å². The number of alkyl halides is 1. The molecule has 1 amide bonds. The van der Waals surface area contributed by atoms with E-state index < -0.39 is 0 Å². The first-order chi connectivity index (χ1) is 8.54. The number of amides is 1. The van der Waals surface area contributed by atoms with Gasteiger partial charge in [0.25, 0.3) is 0 Å². The monoisotopic (exact) mass is 362 g/mol. The summed E-state index contributed by atoms with van der Waals surface area (Å²) in [6.45, 7) is 4.89. The van der Waals surface area contributed by atoms with Crippen LogP contribution in [0.15, 0.2) is 23.6 Å². The largest absolute Gasteiger partial charge is 0.477 e. The molecule has 2 heterocycles. The normalized spacial score (nSPS) is 27.4. The topological polar surface area (TPSA) is 50.4 Å². The maximum absolute atomic E-state index is 11.1. The molecule has 0 aromatic heterocycles. The van der Waals surface area contributed by atoms with E-state index in [4.69, 9.17) is 4.74 Å². The number of carbonyl (C=O) groups excluding carboxylic acids is 1. The highest BCUT2D eigenvalue weighted by atomic mass is 127. The number of nitrogens with one attached hydrogen (secondary N) is 2. The Bertz CT molecular complexity index is 390. The quantitative estimate of drug-likeness (QED) is 0.457. The predicted molar refractivity (Wildman–Crippen MR) is 79.1 cm³/mol. The Labute approximate surface area is 121 Å². The van der Waals surface area contributed by atoms with Gasteiger partial charge in [0.05, 0.1) is 10.1 Å². The smallest absolute Gasteiger partial charge is 0.220 e. The fourth-order valence-corrected chi connectivity index (χ4v) is 2.74. The van der Waals surface area contributed by atoms with Crippen molar-refractivity contribution in [3.63, 3.8) is 0 Å². The van der Waals surface area contributed by atoms with E-state index in [1.165, 1.54) is 5.57 Å². The average molecular weight is 362 g/mol. The van der Waals surface area contributed by atoms with Crippen LogP contribution in [0.25, 0.3) is 0 Å². The lowest BCUT2D eigenvalue weighted by molar-refractivity contribution is -0.119. The summed E-state index contributed by atoms with van der Waals surface area (Å²) in [5, 5.41) is 6.18. The molecule has 0 aromatic carbocycles. The van der Waals surface area contributed by atoms with Crippen LogP contribution in [0.4, 0.5) is 0 Å². The maximum atomic E-state index is 11.1. The Kier molecular flexibility index (Phi) is 4.53. The predicted octanol–water partition coefficient (Wildman–Crippen LogP) is 2.07. The zero-order valence-electron chi connectivity index (χ0n) is 10.7. The van der Waals surface area contributed by atoms with Crippen LogP contribution < -0.4 is 10.6 Å².